The summed E-state index contributed by atoms with van der Waals surface area (Å²) in [6.07, 6.45) is 1.69. The van der Waals surface area contributed by atoms with Crippen LogP contribution in [-0.4, -0.2) is 10.9 Å². The molecule has 1 N–H and O–H groups in total. The van der Waals surface area contributed by atoms with Crippen LogP contribution in [0.5, 0.6) is 0 Å². The normalized spacial score (nSPS) is 14.6. The predicted molar refractivity (Wildman–Crippen MR) is 35.4 cm³/mol. The Labute approximate surface area is 58.1 Å². The van der Waals surface area contributed by atoms with Crippen molar-refractivity contribution in [1.29, 1.82) is 0 Å². The Kier molecular flexibility index (Phi) is 0.974. The van der Waals surface area contributed by atoms with Crippen LogP contribution in [0.15, 0.2) is 18.3 Å². The zero-order valence-electron chi connectivity index (χ0n) is 5.29. The van der Waals surface area contributed by atoms with E-state index in [1.54, 1.807) is 18.3 Å². The van der Waals surface area contributed by atoms with Gasteiger partial charge in [-0.3, -0.25) is 9.78 Å². The lowest BCUT2D eigenvalue weighted by atomic mass is 10.2. The molecule has 0 unspecified atom stereocenters. The van der Waals surface area contributed by atoms with Gasteiger partial charge in [0.05, 0.1) is 17.8 Å². The topological polar surface area (TPSA) is 42.0 Å². The highest BCUT2D eigenvalue weighted by Gasteiger charge is 2.17. The van der Waals surface area contributed by atoms with Crippen LogP contribution in [0.2, 0.25) is 0 Å². The zero-order chi connectivity index (χ0) is 6.97. The number of carbonyl (C=O) groups excluding carboxylic acids is 1. The molecule has 0 aliphatic carbocycles. The van der Waals surface area contributed by atoms with Gasteiger partial charge in [-0.05, 0) is 12.1 Å². The van der Waals surface area contributed by atoms with Gasteiger partial charge in [0.25, 0.3) is 5.91 Å². The maximum atomic E-state index is 10.9. The lowest BCUT2D eigenvalue weighted by Gasteiger charge is -1.89. The Morgan fingerprint density at radius 1 is 1.60 bits per heavy atom. The number of rotatable bonds is 0. The molecule has 3 heteroatoms. The molecule has 1 aliphatic rings. The van der Waals surface area contributed by atoms with Crippen molar-refractivity contribution in [3.8, 4) is 0 Å². The lowest BCUT2D eigenvalue weighted by molar-refractivity contribution is 0.0966. The molecule has 2 rings (SSSR count). The smallest absolute Gasteiger partial charge is 0.253 e. The van der Waals surface area contributed by atoms with Crippen LogP contribution in [-0.2, 0) is 6.54 Å². The molecule has 0 radical (unpaired) electrons. The van der Waals surface area contributed by atoms with Crippen molar-refractivity contribution in [3.05, 3.63) is 29.6 Å². The predicted octanol–water partition coefficient (Wildman–Crippen LogP) is 0.325. The van der Waals surface area contributed by atoms with Crippen LogP contribution in [0.25, 0.3) is 0 Å². The highest BCUT2D eigenvalue weighted by Crippen LogP contribution is 2.10. The van der Waals surface area contributed by atoms with Gasteiger partial charge in [-0.25, -0.2) is 0 Å². The molecule has 0 fully saturated rings. The largest absolute Gasteiger partial charge is 0.346 e. The number of nitrogens with one attached hydrogen (secondary N) is 1. The van der Waals surface area contributed by atoms with Crippen molar-refractivity contribution in [2.75, 3.05) is 0 Å². The first-order valence-corrected chi connectivity index (χ1v) is 3.10. The summed E-state index contributed by atoms with van der Waals surface area (Å²) in [5.74, 6) is -0.0110. The Hall–Kier alpha value is -1.38. The number of carbonyl (C=O) groups is 1. The monoisotopic (exact) mass is 134 g/mol. The maximum Gasteiger partial charge on any atom is 0.253 e. The van der Waals surface area contributed by atoms with E-state index in [0.717, 1.165) is 5.69 Å². The van der Waals surface area contributed by atoms with E-state index in [1.165, 1.54) is 0 Å². The van der Waals surface area contributed by atoms with E-state index in [0.29, 0.717) is 12.1 Å². The molecule has 2 heterocycles. The molecule has 10 heavy (non-hydrogen) atoms. The summed E-state index contributed by atoms with van der Waals surface area (Å²) >= 11 is 0. The number of fused-ring (bicyclic) bond motifs is 1. The van der Waals surface area contributed by atoms with Crippen LogP contribution in [0, 0.1) is 0 Å². The van der Waals surface area contributed by atoms with E-state index >= 15 is 0 Å². The second kappa shape index (κ2) is 1.80. The summed E-state index contributed by atoms with van der Waals surface area (Å²) in [4.78, 5) is 14.9. The van der Waals surface area contributed by atoms with Crippen molar-refractivity contribution in [1.82, 2.24) is 10.3 Å². The fourth-order valence-electron chi connectivity index (χ4n) is 1.04. The number of pyridine rings is 1. The molecule has 1 aromatic heterocycles. The number of hydrogen-bond donors (Lipinski definition) is 1. The average Bonchev–Trinajstić information content (AvgIpc) is 2.34. The van der Waals surface area contributed by atoms with Crippen LogP contribution < -0.4 is 5.32 Å². The van der Waals surface area contributed by atoms with Crippen LogP contribution in [0.4, 0.5) is 0 Å². The Morgan fingerprint density at radius 3 is 3.30 bits per heavy atom. The first kappa shape index (κ1) is 5.41. The molecule has 0 saturated carbocycles. The van der Waals surface area contributed by atoms with Crippen molar-refractivity contribution in [3.63, 3.8) is 0 Å². The van der Waals surface area contributed by atoms with Gasteiger partial charge in [-0.1, -0.05) is 0 Å². The molecule has 50 valence electrons. The van der Waals surface area contributed by atoms with Gasteiger partial charge in [-0.2, -0.15) is 0 Å². The fourth-order valence-corrected chi connectivity index (χ4v) is 1.04. The van der Waals surface area contributed by atoms with E-state index in [1.807, 2.05) is 0 Å². The molecule has 0 spiro atoms. The standard InChI is InChI=1S/C7H6N2O/c10-7-5-2-1-3-8-6(5)4-9-7/h1-3H,4H2,(H,9,10). The molecular weight excluding hydrogens is 128 g/mol. The number of nitrogens with zero attached hydrogens (tertiary/aromatic N) is 1. The first-order chi connectivity index (χ1) is 4.88. The molecule has 1 amide bonds. The third kappa shape index (κ3) is 0.603. The third-order valence-electron chi connectivity index (χ3n) is 1.55. The van der Waals surface area contributed by atoms with Gasteiger partial charge in [0.2, 0.25) is 0 Å². The van der Waals surface area contributed by atoms with Crippen molar-refractivity contribution >= 4 is 5.91 Å². The summed E-state index contributed by atoms with van der Waals surface area (Å²) in [6, 6.07) is 3.55. The van der Waals surface area contributed by atoms with Gasteiger partial charge in [0.1, 0.15) is 0 Å². The Balaban J connectivity index is 2.61. The van der Waals surface area contributed by atoms with E-state index < -0.39 is 0 Å². The summed E-state index contributed by atoms with van der Waals surface area (Å²) in [6.45, 7) is 0.578. The molecule has 0 atom stereocenters. The van der Waals surface area contributed by atoms with E-state index in [2.05, 4.69) is 10.3 Å². The lowest BCUT2D eigenvalue weighted by Crippen LogP contribution is -2.12. The van der Waals surface area contributed by atoms with E-state index in [-0.39, 0.29) is 5.91 Å². The summed E-state index contributed by atoms with van der Waals surface area (Å²) < 4.78 is 0. The molecule has 0 bridgehead atoms. The summed E-state index contributed by atoms with van der Waals surface area (Å²) in [7, 11) is 0. The SMILES string of the molecule is O=C1NCc2ncccc21. The second-order valence-electron chi connectivity index (χ2n) is 2.18. The highest BCUT2D eigenvalue weighted by atomic mass is 16.1. The Morgan fingerprint density at radius 2 is 2.50 bits per heavy atom. The quantitative estimate of drug-likeness (QED) is 0.555. The van der Waals surface area contributed by atoms with E-state index in [9.17, 15) is 4.79 Å². The minimum absolute atomic E-state index is 0.0110. The van der Waals surface area contributed by atoms with Crippen molar-refractivity contribution < 1.29 is 4.79 Å². The molecule has 0 saturated heterocycles. The number of aromatic nitrogens is 1. The van der Waals surface area contributed by atoms with Crippen molar-refractivity contribution in [2.45, 2.75) is 6.54 Å². The zero-order valence-corrected chi connectivity index (χ0v) is 5.29. The number of amides is 1. The van der Waals surface area contributed by atoms with Gasteiger partial charge in [0, 0.05) is 6.20 Å². The number of hydrogen-bond acceptors (Lipinski definition) is 2. The van der Waals surface area contributed by atoms with Gasteiger partial charge in [0.15, 0.2) is 0 Å². The van der Waals surface area contributed by atoms with Crippen LogP contribution in [0.3, 0.4) is 0 Å². The fraction of sp³-hybridized carbons (Fsp3) is 0.143. The average molecular weight is 134 g/mol. The van der Waals surface area contributed by atoms with Gasteiger partial charge >= 0.3 is 0 Å². The molecular formula is C7H6N2O. The maximum absolute atomic E-state index is 10.9. The molecule has 1 aliphatic heterocycles. The minimum Gasteiger partial charge on any atom is -0.346 e. The van der Waals surface area contributed by atoms with E-state index in [4.69, 9.17) is 0 Å². The molecule has 0 aromatic carbocycles. The van der Waals surface area contributed by atoms with Crippen LogP contribution >= 0.6 is 0 Å². The Bertz CT molecular complexity index is 283. The van der Waals surface area contributed by atoms with Gasteiger partial charge < -0.3 is 5.32 Å². The summed E-state index contributed by atoms with van der Waals surface area (Å²) in [5, 5.41) is 2.68. The third-order valence-corrected chi connectivity index (χ3v) is 1.55. The molecule has 3 nitrogen and oxygen atoms in total. The molecule has 1 aromatic rings. The highest BCUT2D eigenvalue weighted by molar-refractivity contribution is 5.97. The summed E-state index contributed by atoms with van der Waals surface area (Å²) in [5.41, 5.74) is 1.56. The minimum atomic E-state index is -0.0110. The first-order valence-electron chi connectivity index (χ1n) is 3.10. The van der Waals surface area contributed by atoms with Gasteiger partial charge in [-0.15, -0.1) is 0 Å². The van der Waals surface area contributed by atoms with Crippen LogP contribution in [0.1, 0.15) is 16.1 Å². The van der Waals surface area contributed by atoms with Crippen molar-refractivity contribution in [2.24, 2.45) is 0 Å². The second-order valence-corrected chi connectivity index (χ2v) is 2.18.